The van der Waals surface area contributed by atoms with Gasteiger partial charge in [0.2, 0.25) is 0 Å². The summed E-state index contributed by atoms with van der Waals surface area (Å²) in [5.41, 5.74) is 1.60. The lowest BCUT2D eigenvalue weighted by molar-refractivity contribution is 0.504. The first-order chi connectivity index (χ1) is 11.5. The van der Waals surface area contributed by atoms with Crippen LogP contribution in [0.4, 0.5) is 0 Å². The van der Waals surface area contributed by atoms with Gasteiger partial charge in [0, 0.05) is 21.4 Å². The zero-order chi connectivity index (χ0) is 16.7. The van der Waals surface area contributed by atoms with Gasteiger partial charge in [-0.05, 0) is 30.7 Å². The molecule has 5 heteroatoms. The van der Waals surface area contributed by atoms with E-state index in [0.29, 0.717) is 21.8 Å². The van der Waals surface area contributed by atoms with Crippen LogP contribution in [-0.2, 0) is 0 Å². The standard InChI is InChI=1S/C19H19NO2S2/c1-19(2)10-13(7-8-24-19)17-20-15(11-23-17)14-9-12-5-3-4-6-16(12)22-18(14)21/h3-6,9,11,13H,7-8,10H2,1-2H3/t13-/m0/s1. The zero-order valence-corrected chi connectivity index (χ0v) is 15.4. The maximum Gasteiger partial charge on any atom is 0.345 e. The highest BCUT2D eigenvalue weighted by atomic mass is 32.2. The van der Waals surface area contributed by atoms with E-state index in [2.05, 4.69) is 13.8 Å². The van der Waals surface area contributed by atoms with E-state index < -0.39 is 0 Å². The van der Waals surface area contributed by atoms with E-state index in [4.69, 9.17) is 9.40 Å². The van der Waals surface area contributed by atoms with Crippen LogP contribution in [0.5, 0.6) is 0 Å². The number of aromatic nitrogens is 1. The molecule has 1 atom stereocenters. The fourth-order valence-electron chi connectivity index (χ4n) is 3.28. The first-order valence-corrected chi connectivity index (χ1v) is 10.0. The summed E-state index contributed by atoms with van der Waals surface area (Å²) in [5, 5.41) is 4.06. The molecule has 0 amide bonds. The van der Waals surface area contributed by atoms with E-state index in [1.54, 1.807) is 11.3 Å². The first-order valence-electron chi connectivity index (χ1n) is 8.14. The molecule has 0 spiro atoms. The minimum absolute atomic E-state index is 0.302. The molecule has 2 aromatic heterocycles. The summed E-state index contributed by atoms with van der Waals surface area (Å²) in [5.74, 6) is 1.66. The Morgan fingerprint density at radius 1 is 1.29 bits per heavy atom. The molecular formula is C19H19NO2S2. The Morgan fingerprint density at radius 2 is 2.12 bits per heavy atom. The minimum atomic E-state index is -0.315. The van der Waals surface area contributed by atoms with Crippen LogP contribution in [0.25, 0.3) is 22.2 Å². The molecular weight excluding hydrogens is 338 g/mol. The quantitative estimate of drug-likeness (QED) is 0.583. The van der Waals surface area contributed by atoms with Crippen molar-refractivity contribution in [3.8, 4) is 11.3 Å². The van der Waals surface area contributed by atoms with Crippen molar-refractivity contribution in [3.63, 3.8) is 0 Å². The molecule has 0 aliphatic carbocycles. The van der Waals surface area contributed by atoms with Gasteiger partial charge >= 0.3 is 5.63 Å². The van der Waals surface area contributed by atoms with Crippen molar-refractivity contribution >= 4 is 34.1 Å². The van der Waals surface area contributed by atoms with Gasteiger partial charge in [-0.2, -0.15) is 11.8 Å². The van der Waals surface area contributed by atoms with Crippen molar-refractivity contribution in [3.05, 3.63) is 51.1 Å². The molecule has 0 unspecified atom stereocenters. The maximum absolute atomic E-state index is 12.3. The monoisotopic (exact) mass is 357 g/mol. The predicted octanol–water partition coefficient (Wildman–Crippen LogP) is 5.31. The number of hydrogen-bond acceptors (Lipinski definition) is 5. The third-order valence-electron chi connectivity index (χ3n) is 4.49. The van der Waals surface area contributed by atoms with Gasteiger partial charge in [0.15, 0.2) is 0 Å². The molecule has 1 aliphatic rings. The second kappa shape index (κ2) is 6.05. The largest absolute Gasteiger partial charge is 0.422 e. The Hall–Kier alpha value is -1.59. The molecule has 124 valence electrons. The third-order valence-corrected chi connectivity index (χ3v) is 6.88. The Labute approximate surface area is 149 Å². The molecule has 0 saturated carbocycles. The normalized spacial score (nSPS) is 20.3. The molecule has 1 fully saturated rings. The van der Waals surface area contributed by atoms with E-state index in [1.807, 2.05) is 47.5 Å². The van der Waals surface area contributed by atoms with Gasteiger partial charge in [0.05, 0.1) is 16.3 Å². The van der Waals surface area contributed by atoms with E-state index in [0.717, 1.165) is 28.9 Å². The fraction of sp³-hybridized carbons (Fsp3) is 0.368. The van der Waals surface area contributed by atoms with Gasteiger partial charge in [-0.3, -0.25) is 0 Å². The number of hydrogen-bond donors (Lipinski definition) is 0. The number of thioether (sulfide) groups is 1. The van der Waals surface area contributed by atoms with Crippen molar-refractivity contribution in [2.75, 3.05) is 5.75 Å². The van der Waals surface area contributed by atoms with Crippen molar-refractivity contribution in [2.24, 2.45) is 0 Å². The van der Waals surface area contributed by atoms with Crippen LogP contribution in [-0.4, -0.2) is 15.5 Å². The SMILES string of the molecule is CC1(C)C[C@@H](c2nc(-c3cc4ccccc4oc3=O)cs2)CCS1. The minimum Gasteiger partial charge on any atom is -0.422 e. The van der Waals surface area contributed by atoms with Crippen LogP contribution < -0.4 is 5.63 Å². The number of nitrogens with zero attached hydrogens (tertiary/aromatic N) is 1. The molecule has 24 heavy (non-hydrogen) atoms. The van der Waals surface area contributed by atoms with E-state index in [1.165, 1.54) is 5.75 Å². The number of thiazole rings is 1. The summed E-state index contributed by atoms with van der Waals surface area (Å²) in [6.45, 7) is 4.60. The Kier molecular flexibility index (Phi) is 4.01. The molecule has 0 N–H and O–H groups in total. The number of para-hydroxylation sites is 1. The summed E-state index contributed by atoms with van der Waals surface area (Å²) in [4.78, 5) is 17.1. The third kappa shape index (κ3) is 3.03. The predicted molar refractivity (Wildman–Crippen MR) is 102 cm³/mol. The van der Waals surface area contributed by atoms with Crippen LogP contribution in [0.15, 0.2) is 44.9 Å². The van der Waals surface area contributed by atoms with Crippen molar-refractivity contribution < 1.29 is 4.42 Å². The van der Waals surface area contributed by atoms with Crippen molar-refractivity contribution in [2.45, 2.75) is 37.4 Å². The van der Waals surface area contributed by atoms with Gasteiger partial charge in [-0.25, -0.2) is 9.78 Å². The molecule has 3 nitrogen and oxygen atoms in total. The molecule has 3 heterocycles. The van der Waals surface area contributed by atoms with E-state index in [9.17, 15) is 4.79 Å². The van der Waals surface area contributed by atoms with Gasteiger partial charge < -0.3 is 4.42 Å². The zero-order valence-electron chi connectivity index (χ0n) is 13.7. The second-order valence-electron chi connectivity index (χ2n) is 6.85. The molecule has 1 aliphatic heterocycles. The van der Waals surface area contributed by atoms with Crippen LogP contribution >= 0.6 is 23.1 Å². The maximum atomic E-state index is 12.3. The molecule has 1 saturated heterocycles. The molecule has 0 radical (unpaired) electrons. The van der Waals surface area contributed by atoms with Gasteiger partial charge in [-0.15, -0.1) is 11.3 Å². The lowest BCUT2D eigenvalue weighted by atomic mass is 9.94. The molecule has 1 aromatic carbocycles. The van der Waals surface area contributed by atoms with Crippen LogP contribution in [0, 0.1) is 0 Å². The Bertz CT molecular complexity index is 942. The first kappa shape index (κ1) is 15.9. The molecule has 4 rings (SSSR count). The van der Waals surface area contributed by atoms with Gasteiger partial charge in [0.1, 0.15) is 5.58 Å². The fourth-order valence-corrected chi connectivity index (χ4v) is 5.51. The van der Waals surface area contributed by atoms with Crippen LogP contribution in [0.2, 0.25) is 0 Å². The summed E-state index contributed by atoms with van der Waals surface area (Å²) < 4.78 is 5.74. The molecule has 3 aromatic rings. The van der Waals surface area contributed by atoms with Crippen molar-refractivity contribution in [1.29, 1.82) is 0 Å². The number of fused-ring (bicyclic) bond motifs is 1. The average Bonchev–Trinajstić information content (AvgIpc) is 3.03. The number of rotatable bonds is 2. The Morgan fingerprint density at radius 3 is 2.96 bits per heavy atom. The summed E-state index contributed by atoms with van der Waals surface area (Å²) in [6, 6.07) is 9.47. The Balaban J connectivity index is 1.70. The highest BCUT2D eigenvalue weighted by molar-refractivity contribution is 8.00. The highest BCUT2D eigenvalue weighted by Crippen LogP contribution is 2.44. The summed E-state index contributed by atoms with van der Waals surface area (Å²) in [6.07, 6.45) is 2.30. The van der Waals surface area contributed by atoms with Crippen LogP contribution in [0.3, 0.4) is 0 Å². The van der Waals surface area contributed by atoms with E-state index >= 15 is 0 Å². The topological polar surface area (TPSA) is 43.1 Å². The van der Waals surface area contributed by atoms with Crippen LogP contribution in [0.1, 0.15) is 37.6 Å². The molecule has 0 bridgehead atoms. The lowest BCUT2D eigenvalue weighted by Crippen LogP contribution is -2.25. The summed E-state index contributed by atoms with van der Waals surface area (Å²) >= 11 is 3.70. The average molecular weight is 358 g/mol. The second-order valence-corrected chi connectivity index (χ2v) is 9.55. The van der Waals surface area contributed by atoms with Crippen molar-refractivity contribution in [1.82, 2.24) is 4.98 Å². The smallest absolute Gasteiger partial charge is 0.345 e. The van der Waals surface area contributed by atoms with E-state index in [-0.39, 0.29) is 5.63 Å². The highest BCUT2D eigenvalue weighted by Gasteiger charge is 2.31. The summed E-state index contributed by atoms with van der Waals surface area (Å²) in [7, 11) is 0. The number of benzene rings is 1. The lowest BCUT2D eigenvalue weighted by Gasteiger charge is -2.33. The van der Waals surface area contributed by atoms with Gasteiger partial charge in [0.25, 0.3) is 0 Å². The van der Waals surface area contributed by atoms with Gasteiger partial charge in [-0.1, -0.05) is 32.0 Å².